The van der Waals surface area contributed by atoms with E-state index in [2.05, 4.69) is 6.92 Å². The second-order valence-corrected chi connectivity index (χ2v) is 9.94. The van der Waals surface area contributed by atoms with Crippen molar-refractivity contribution in [1.82, 2.24) is 9.78 Å². The molecule has 0 N–H and O–H groups in total. The Balaban J connectivity index is 1.49. The van der Waals surface area contributed by atoms with Gasteiger partial charge in [-0.05, 0) is 55.0 Å². The number of hydrazone groups is 1. The number of halogens is 1. The van der Waals surface area contributed by atoms with E-state index in [0.29, 0.717) is 40.0 Å². The summed E-state index contributed by atoms with van der Waals surface area (Å²) in [4.78, 5) is 13.9. The van der Waals surface area contributed by atoms with Gasteiger partial charge in [0.2, 0.25) is 0 Å². The van der Waals surface area contributed by atoms with Crippen LogP contribution in [0.1, 0.15) is 24.5 Å². The van der Waals surface area contributed by atoms with Gasteiger partial charge < -0.3 is 4.74 Å². The predicted octanol–water partition coefficient (Wildman–Crippen LogP) is 7.82. The molecular weight excluding hydrogens is 532 g/mol. The fraction of sp³-hybridized carbons (Fsp3) is 0.0882. The van der Waals surface area contributed by atoms with Gasteiger partial charge >= 0.3 is 0 Å². The number of ether oxygens (including phenoxy) is 1. The summed E-state index contributed by atoms with van der Waals surface area (Å²) in [5, 5.41) is 11.7. The summed E-state index contributed by atoms with van der Waals surface area (Å²) in [6.07, 6.45) is 4.68. The van der Waals surface area contributed by atoms with Crippen molar-refractivity contribution in [3.8, 4) is 22.7 Å². The highest BCUT2D eigenvalue weighted by molar-refractivity contribution is 6.37. The topological polar surface area (TPSA) is 59.7 Å². The summed E-state index contributed by atoms with van der Waals surface area (Å²) >= 11 is 6.62. The lowest BCUT2D eigenvalue weighted by Gasteiger charge is -2.11. The number of carbonyl (C=O) groups excluding carboxylic acids is 1. The SMILES string of the molecule is CCCOc1ccc(-c2nn(-c3ccccc3)cc2C=C2C(=O)N(c3ccccc3)N=C2c2ccccc2)cc1Cl. The number of nitrogens with zero attached hydrogens (tertiary/aromatic N) is 4. The molecule has 0 saturated heterocycles. The molecule has 7 heteroatoms. The molecule has 0 aliphatic carbocycles. The molecule has 0 saturated carbocycles. The van der Waals surface area contributed by atoms with Crippen molar-refractivity contribution in [1.29, 1.82) is 0 Å². The standard InChI is InChI=1S/C34H27ClN4O2/c1-2-20-41-31-19-18-25(22-30(31)35)32-26(23-38(36-32)27-14-8-4-9-15-27)21-29-33(24-12-6-3-7-13-24)37-39(34(29)40)28-16-10-5-11-17-28/h3-19,21-23H,2,20H2,1H3. The molecule has 4 aromatic carbocycles. The molecule has 0 unspecified atom stereocenters. The number of hydrogen-bond acceptors (Lipinski definition) is 4. The average Bonchev–Trinajstić information content (AvgIpc) is 3.59. The second kappa shape index (κ2) is 11.7. The number of aromatic nitrogens is 2. The summed E-state index contributed by atoms with van der Waals surface area (Å²) in [5.74, 6) is 0.414. The zero-order valence-electron chi connectivity index (χ0n) is 22.4. The van der Waals surface area contributed by atoms with Gasteiger partial charge in [0.05, 0.1) is 28.6 Å². The Bertz CT molecular complexity index is 1750. The van der Waals surface area contributed by atoms with Crippen LogP contribution in [0.4, 0.5) is 5.69 Å². The molecule has 2 heterocycles. The molecule has 1 aliphatic heterocycles. The molecule has 1 aromatic heterocycles. The molecule has 6 rings (SSSR count). The third kappa shape index (κ3) is 5.42. The van der Waals surface area contributed by atoms with Crippen LogP contribution in [-0.2, 0) is 4.79 Å². The number of rotatable bonds is 8. The molecule has 0 radical (unpaired) electrons. The third-order valence-electron chi connectivity index (χ3n) is 6.66. The Kier molecular flexibility index (Phi) is 7.48. The van der Waals surface area contributed by atoms with Gasteiger partial charge in [-0.3, -0.25) is 4.79 Å². The lowest BCUT2D eigenvalue weighted by atomic mass is 9.99. The van der Waals surface area contributed by atoms with Crippen molar-refractivity contribution < 1.29 is 9.53 Å². The van der Waals surface area contributed by atoms with Crippen LogP contribution in [0.5, 0.6) is 5.75 Å². The molecule has 202 valence electrons. The number of hydrogen-bond donors (Lipinski definition) is 0. The lowest BCUT2D eigenvalue weighted by molar-refractivity contribution is -0.114. The zero-order chi connectivity index (χ0) is 28.2. The summed E-state index contributed by atoms with van der Waals surface area (Å²) < 4.78 is 7.60. The maximum atomic E-state index is 13.9. The first kappa shape index (κ1) is 26.3. The van der Waals surface area contributed by atoms with Gasteiger partial charge in [0.25, 0.3) is 5.91 Å². The molecule has 0 atom stereocenters. The first-order valence-electron chi connectivity index (χ1n) is 13.5. The van der Waals surface area contributed by atoms with Gasteiger partial charge in [0.1, 0.15) is 17.2 Å². The number of anilines is 1. The van der Waals surface area contributed by atoms with E-state index in [1.165, 1.54) is 5.01 Å². The minimum atomic E-state index is -0.213. The first-order chi connectivity index (χ1) is 20.1. The Labute approximate surface area is 243 Å². The lowest BCUT2D eigenvalue weighted by Crippen LogP contribution is -2.21. The molecule has 1 aliphatic rings. The van der Waals surface area contributed by atoms with E-state index in [1.54, 1.807) is 0 Å². The number of amides is 1. The van der Waals surface area contributed by atoms with E-state index in [9.17, 15) is 4.79 Å². The summed E-state index contributed by atoms with van der Waals surface area (Å²) in [7, 11) is 0. The highest BCUT2D eigenvalue weighted by Crippen LogP contribution is 2.34. The van der Waals surface area contributed by atoms with E-state index in [4.69, 9.17) is 26.5 Å². The van der Waals surface area contributed by atoms with Crippen molar-refractivity contribution in [3.63, 3.8) is 0 Å². The summed E-state index contributed by atoms with van der Waals surface area (Å²) in [5.41, 5.74) is 5.77. The molecule has 5 aromatic rings. The van der Waals surface area contributed by atoms with E-state index < -0.39 is 0 Å². The van der Waals surface area contributed by atoms with Gasteiger partial charge in [-0.25, -0.2) is 4.68 Å². The van der Waals surface area contributed by atoms with Gasteiger partial charge in [0, 0.05) is 22.9 Å². The Hall–Kier alpha value is -4.94. The van der Waals surface area contributed by atoms with Crippen LogP contribution in [0.3, 0.4) is 0 Å². The Morgan fingerprint density at radius 2 is 1.49 bits per heavy atom. The summed E-state index contributed by atoms with van der Waals surface area (Å²) in [6, 6.07) is 34.7. The van der Waals surface area contributed by atoms with Crippen molar-refractivity contribution in [2.45, 2.75) is 13.3 Å². The second-order valence-electron chi connectivity index (χ2n) is 9.53. The van der Waals surface area contributed by atoms with Crippen LogP contribution in [-0.4, -0.2) is 28.0 Å². The molecule has 6 nitrogen and oxygen atoms in total. The Morgan fingerprint density at radius 1 is 0.829 bits per heavy atom. The Morgan fingerprint density at radius 3 is 2.15 bits per heavy atom. The largest absolute Gasteiger partial charge is 0.492 e. The first-order valence-corrected chi connectivity index (χ1v) is 13.8. The van der Waals surface area contributed by atoms with Gasteiger partial charge in [-0.15, -0.1) is 0 Å². The molecule has 1 amide bonds. The van der Waals surface area contributed by atoms with Crippen molar-refractivity contribution in [2.75, 3.05) is 11.6 Å². The van der Waals surface area contributed by atoms with Crippen LogP contribution in [0, 0.1) is 0 Å². The predicted molar refractivity (Wildman–Crippen MR) is 165 cm³/mol. The van der Waals surface area contributed by atoms with Crippen LogP contribution in [0.15, 0.2) is 126 Å². The minimum absolute atomic E-state index is 0.213. The smallest absolute Gasteiger partial charge is 0.281 e. The number of carbonyl (C=O) groups is 1. The van der Waals surface area contributed by atoms with Crippen LogP contribution in [0.2, 0.25) is 5.02 Å². The van der Waals surface area contributed by atoms with Crippen LogP contribution < -0.4 is 9.75 Å². The minimum Gasteiger partial charge on any atom is -0.492 e. The maximum absolute atomic E-state index is 13.9. The summed E-state index contributed by atoms with van der Waals surface area (Å²) in [6.45, 7) is 2.63. The average molecular weight is 559 g/mol. The molecule has 0 fully saturated rings. The van der Waals surface area contributed by atoms with Crippen molar-refractivity contribution in [2.24, 2.45) is 5.10 Å². The monoisotopic (exact) mass is 558 g/mol. The number of para-hydroxylation sites is 2. The van der Waals surface area contributed by atoms with Gasteiger partial charge in [-0.1, -0.05) is 85.3 Å². The molecular formula is C34H27ClN4O2. The van der Waals surface area contributed by atoms with E-state index in [1.807, 2.05) is 126 Å². The van der Waals surface area contributed by atoms with E-state index in [0.717, 1.165) is 28.8 Å². The fourth-order valence-corrected chi connectivity index (χ4v) is 4.90. The highest BCUT2D eigenvalue weighted by Gasteiger charge is 2.32. The molecule has 0 spiro atoms. The number of benzene rings is 4. The molecule has 41 heavy (non-hydrogen) atoms. The quantitative estimate of drug-likeness (QED) is 0.182. The highest BCUT2D eigenvalue weighted by atomic mass is 35.5. The van der Waals surface area contributed by atoms with Crippen LogP contribution >= 0.6 is 11.6 Å². The molecule has 0 bridgehead atoms. The third-order valence-corrected chi connectivity index (χ3v) is 6.95. The van der Waals surface area contributed by atoms with Crippen molar-refractivity contribution >= 4 is 35.0 Å². The van der Waals surface area contributed by atoms with Gasteiger partial charge in [0.15, 0.2) is 0 Å². The van der Waals surface area contributed by atoms with Gasteiger partial charge in [-0.2, -0.15) is 15.2 Å². The van der Waals surface area contributed by atoms with Crippen LogP contribution in [0.25, 0.3) is 23.0 Å². The normalized spacial score (nSPS) is 14.0. The maximum Gasteiger partial charge on any atom is 0.281 e. The fourth-order valence-electron chi connectivity index (χ4n) is 4.66. The van der Waals surface area contributed by atoms with Crippen molar-refractivity contribution in [3.05, 3.63) is 137 Å². The van der Waals surface area contributed by atoms with E-state index >= 15 is 0 Å². The zero-order valence-corrected chi connectivity index (χ0v) is 23.2. The van der Waals surface area contributed by atoms with E-state index in [-0.39, 0.29) is 5.91 Å².